The van der Waals surface area contributed by atoms with E-state index >= 15 is 0 Å². The van der Waals surface area contributed by atoms with Crippen LogP contribution in [0.1, 0.15) is 12.8 Å². The summed E-state index contributed by atoms with van der Waals surface area (Å²) in [5.74, 6) is 1.24. The van der Waals surface area contributed by atoms with E-state index in [0.717, 1.165) is 35.1 Å². The molecule has 1 aromatic heterocycles. The third kappa shape index (κ3) is 3.68. The number of ether oxygens (including phenoxy) is 2. The number of rotatable bonds is 7. The van der Waals surface area contributed by atoms with Gasteiger partial charge in [0.25, 0.3) is 0 Å². The Morgan fingerprint density at radius 1 is 0.964 bits per heavy atom. The van der Waals surface area contributed by atoms with Crippen LogP contribution in [-0.2, 0) is 10.0 Å². The summed E-state index contributed by atoms with van der Waals surface area (Å²) < 4.78 is 37.4. The lowest BCUT2D eigenvalue weighted by Crippen LogP contribution is -2.17. The Kier molecular flexibility index (Phi) is 4.72. The van der Waals surface area contributed by atoms with Crippen LogP contribution in [0.4, 0.5) is 17.1 Å². The van der Waals surface area contributed by atoms with E-state index in [2.05, 4.69) is 15.0 Å². The standard InChI is InChI=1S/C20H21N3O4S/c1-26-19-11-16-17(9-10-21-18(16)12-20(19)27-2)22-13-3-5-14(6-4-13)23-28(24,25)15-7-8-15/h3-6,9-12,15,23H,7-8H2,1-2H3,(H,21,22). The van der Waals surface area contributed by atoms with E-state index in [-0.39, 0.29) is 5.25 Å². The van der Waals surface area contributed by atoms with Crippen molar-refractivity contribution in [2.45, 2.75) is 18.1 Å². The van der Waals surface area contributed by atoms with E-state index in [1.54, 1.807) is 32.5 Å². The Morgan fingerprint density at radius 2 is 1.61 bits per heavy atom. The maximum Gasteiger partial charge on any atom is 0.235 e. The molecular formula is C20H21N3O4S. The van der Waals surface area contributed by atoms with Gasteiger partial charge in [0.15, 0.2) is 11.5 Å². The molecular weight excluding hydrogens is 378 g/mol. The second kappa shape index (κ2) is 7.20. The molecule has 7 nitrogen and oxygen atoms in total. The zero-order valence-electron chi connectivity index (χ0n) is 15.6. The predicted octanol–water partition coefficient (Wildman–Crippen LogP) is 3.90. The van der Waals surface area contributed by atoms with Crippen molar-refractivity contribution < 1.29 is 17.9 Å². The first-order chi connectivity index (χ1) is 13.5. The van der Waals surface area contributed by atoms with Gasteiger partial charge in [-0.3, -0.25) is 9.71 Å². The largest absolute Gasteiger partial charge is 0.493 e. The van der Waals surface area contributed by atoms with Crippen molar-refractivity contribution in [2.75, 3.05) is 24.3 Å². The number of hydrogen-bond donors (Lipinski definition) is 2. The van der Waals surface area contributed by atoms with Crippen LogP contribution in [0.3, 0.4) is 0 Å². The number of nitrogens with one attached hydrogen (secondary N) is 2. The fourth-order valence-electron chi connectivity index (χ4n) is 2.98. The highest BCUT2D eigenvalue weighted by Gasteiger charge is 2.35. The van der Waals surface area contributed by atoms with E-state index in [1.165, 1.54) is 0 Å². The molecule has 3 aromatic rings. The van der Waals surface area contributed by atoms with Gasteiger partial charge in [-0.1, -0.05) is 0 Å². The smallest absolute Gasteiger partial charge is 0.235 e. The number of benzene rings is 2. The van der Waals surface area contributed by atoms with Gasteiger partial charge in [0.1, 0.15) is 0 Å². The van der Waals surface area contributed by atoms with Crippen molar-refractivity contribution >= 4 is 38.0 Å². The highest BCUT2D eigenvalue weighted by atomic mass is 32.2. The summed E-state index contributed by atoms with van der Waals surface area (Å²) in [5.41, 5.74) is 3.02. The van der Waals surface area contributed by atoms with Gasteiger partial charge in [-0.25, -0.2) is 8.42 Å². The van der Waals surface area contributed by atoms with E-state index in [1.807, 2.05) is 30.3 Å². The van der Waals surface area contributed by atoms with Crippen LogP contribution in [0.25, 0.3) is 10.9 Å². The maximum absolute atomic E-state index is 12.0. The van der Waals surface area contributed by atoms with Gasteiger partial charge in [0, 0.05) is 34.7 Å². The molecule has 2 N–H and O–H groups in total. The molecule has 0 unspecified atom stereocenters. The minimum Gasteiger partial charge on any atom is -0.493 e. The van der Waals surface area contributed by atoms with Crippen molar-refractivity contribution in [3.63, 3.8) is 0 Å². The van der Waals surface area contributed by atoms with E-state index in [4.69, 9.17) is 9.47 Å². The number of pyridine rings is 1. The SMILES string of the molecule is COc1cc2nccc(Nc3ccc(NS(=O)(=O)C4CC4)cc3)c2cc1OC. The van der Waals surface area contributed by atoms with Gasteiger partial charge in [0.2, 0.25) is 10.0 Å². The van der Waals surface area contributed by atoms with Crippen LogP contribution >= 0.6 is 0 Å². The van der Waals surface area contributed by atoms with Gasteiger partial charge in [-0.15, -0.1) is 0 Å². The first-order valence-electron chi connectivity index (χ1n) is 8.89. The van der Waals surface area contributed by atoms with Crippen LogP contribution in [0.5, 0.6) is 11.5 Å². The first kappa shape index (κ1) is 18.4. The summed E-state index contributed by atoms with van der Waals surface area (Å²) in [6.07, 6.45) is 3.19. The van der Waals surface area contributed by atoms with Crippen molar-refractivity contribution in [2.24, 2.45) is 0 Å². The number of nitrogens with zero attached hydrogens (tertiary/aromatic N) is 1. The summed E-state index contributed by atoms with van der Waals surface area (Å²) in [6.45, 7) is 0. The topological polar surface area (TPSA) is 89.5 Å². The fourth-order valence-corrected chi connectivity index (χ4v) is 4.37. The second-order valence-electron chi connectivity index (χ2n) is 6.63. The fraction of sp³-hybridized carbons (Fsp3) is 0.250. The minimum atomic E-state index is -3.26. The monoisotopic (exact) mass is 399 g/mol. The predicted molar refractivity (Wildman–Crippen MR) is 110 cm³/mol. The molecule has 0 amide bonds. The summed E-state index contributed by atoms with van der Waals surface area (Å²) in [4.78, 5) is 4.39. The number of methoxy groups -OCH3 is 2. The van der Waals surface area contributed by atoms with Crippen LogP contribution in [0.2, 0.25) is 0 Å². The van der Waals surface area contributed by atoms with Crippen LogP contribution < -0.4 is 19.5 Å². The lowest BCUT2D eigenvalue weighted by Gasteiger charge is -2.13. The molecule has 1 aliphatic rings. The van der Waals surface area contributed by atoms with Crippen molar-refractivity contribution in [3.05, 3.63) is 48.7 Å². The van der Waals surface area contributed by atoms with Crippen LogP contribution in [-0.4, -0.2) is 32.9 Å². The quantitative estimate of drug-likeness (QED) is 0.626. The normalized spacial score (nSPS) is 13.9. The highest BCUT2D eigenvalue weighted by Crippen LogP contribution is 2.35. The number of aromatic nitrogens is 1. The summed E-state index contributed by atoms with van der Waals surface area (Å²) in [6, 6.07) is 12.7. The Bertz CT molecular complexity index is 1110. The lowest BCUT2D eigenvalue weighted by atomic mass is 10.1. The van der Waals surface area contributed by atoms with Crippen LogP contribution in [0, 0.1) is 0 Å². The average molecular weight is 399 g/mol. The average Bonchev–Trinajstić information content (AvgIpc) is 3.54. The zero-order valence-corrected chi connectivity index (χ0v) is 16.4. The molecule has 0 atom stereocenters. The maximum atomic E-state index is 12.0. The molecule has 0 radical (unpaired) electrons. The lowest BCUT2D eigenvalue weighted by molar-refractivity contribution is 0.356. The number of hydrogen-bond acceptors (Lipinski definition) is 6. The van der Waals surface area contributed by atoms with Gasteiger partial charge < -0.3 is 14.8 Å². The summed E-state index contributed by atoms with van der Waals surface area (Å²) in [7, 11) is -0.0795. The minimum absolute atomic E-state index is 0.250. The van der Waals surface area contributed by atoms with Crippen molar-refractivity contribution in [3.8, 4) is 11.5 Å². The molecule has 0 aliphatic heterocycles. The molecule has 1 aliphatic carbocycles. The first-order valence-corrected chi connectivity index (χ1v) is 10.4. The molecule has 146 valence electrons. The van der Waals surface area contributed by atoms with E-state index in [9.17, 15) is 8.42 Å². The molecule has 0 spiro atoms. The van der Waals surface area contributed by atoms with Gasteiger partial charge in [0.05, 0.1) is 25.0 Å². The Morgan fingerprint density at radius 3 is 2.25 bits per heavy atom. The molecule has 0 saturated heterocycles. The van der Waals surface area contributed by atoms with E-state index < -0.39 is 10.0 Å². The Labute approximate surface area is 163 Å². The molecule has 2 aromatic carbocycles. The molecule has 28 heavy (non-hydrogen) atoms. The Balaban J connectivity index is 1.59. The molecule has 4 rings (SSSR count). The third-order valence-corrected chi connectivity index (χ3v) is 6.50. The van der Waals surface area contributed by atoms with E-state index in [0.29, 0.717) is 17.2 Å². The molecule has 1 heterocycles. The van der Waals surface area contributed by atoms with Gasteiger partial charge >= 0.3 is 0 Å². The van der Waals surface area contributed by atoms with Gasteiger partial charge in [-0.05, 0) is 49.2 Å². The summed E-state index contributed by atoms with van der Waals surface area (Å²) in [5, 5.41) is 3.99. The second-order valence-corrected chi connectivity index (χ2v) is 8.59. The summed E-state index contributed by atoms with van der Waals surface area (Å²) >= 11 is 0. The number of sulfonamides is 1. The number of fused-ring (bicyclic) bond motifs is 1. The molecule has 1 saturated carbocycles. The molecule has 0 bridgehead atoms. The Hall–Kier alpha value is -3.00. The number of anilines is 3. The molecule has 8 heteroatoms. The molecule has 1 fully saturated rings. The third-order valence-electron chi connectivity index (χ3n) is 4.63. The van der Waals surface area contributed by atoms with Crippen molar-refractivity contribution in [1.29, 1.82) is 0 Å². The van der Waals surface area contributed by atoms with Crippen molar-refractivity contribution in [1.82, 2.24) is 4.98 Å². The van der Waals surface area contributed by atoms with Gasteiger partial charge in [-0.2, -0.15) is 0 Å². The van der Waals surface area contributed by atoms with Crippen LogP contribution in [0.15, 0.2) is 48.7 Å². The highest BCUT2D eigenvalue weighted by molar-refractivity contribution is 7.93. The zero-order chi connectivity index (χ0) is 19.7.